The van der Waals surface area contributed by atoms with Crippen LogP contribution in [0.5, 0.6) is 0 Å². The van der Waals surface area contributed by atoms with Crippen molar-refractivity contribution >= 4 is 11.3 Å². The Bertz CT molecular complexity index is 587. The quantitative estimate of drug-likeness (QED) is 0.807. The molecule has 0 radical (unpaired) electrons. The van der Waals surface area contributed by atoms with E-state index in [9.17, 15) is 0 Å². The van der Waals surface area contributed by atoms with Crippen LogP contribution in [0.15, 0.2) is 22.1 Å². The van der Waals surface area contributed by atoms with Gasteiger partial charge in [0.2, 0.25) is 0 Å². The van der Waals surface area contributed by atoms with Crippen LogP contribution < -0.4 is 0 Å². The van der Waals surface area contributed by atoms with Crippen molar-refractivity contribution in [3.05, 3.63) is 39.7 Å². The van der Waals surface area contributed by atoms with Crippen LogP contribution in [0, 0.1) is 6.92 Å². The number of hydrogen-bond acceptors (Lipinski definition) is 5. The standard InChI is InChI=1S/C17H24N2O2S/c1-13-17(22-12-18-13)8-9-19(2)11-14-6-7-16(21-14)15-5-3-4-10-20-15/h6-7,12,15H,3-5,8-11H2,1-2H3/t15-/m1/s1. The lowest BCUT2D eigenvalue weighted by Crippen LogP contribution is -2.20. The third kappa shape index (κ3) is 3.97. The Morgan fingerprint density at radius 2 is 2.27 bits per heavy atom. The molecule has 2 aromatic rings. The second kappa shape index (κ2) is 7.40. The van der Waals surface area contributed by atoms with E-state index >= 15 is 0 Å². The number of ether oxygens (including phenoxy) is 1. The van der Waals surface area contributed by atoms with Crippen LogP contribution in [0.3, 0.4) is 0 Å². The lowest BCUT2D eigenvalue weighted by molar-refractivity contribution is 0.000933. The van der Waals surface area contributed by atoms with Gasteiger partial charge in [0.25, 0.3) is 0 Å². The fraction of sp³-hybridized carbons (Fsp3) is 0.588. The summed E-state index contributed by atoms with van der Waals surface area (Å²) in [7, 11) is 2.13. The smallest absolute Gasteiger partial charge is 0.133 e. The zero-order chi connectivity index (χ0) is 15.4. The van der Waals surface area contributed by atoms with Crippen molar-refractivity contribution in [1.29, 1.82) is 0 Å². The summed E-state index contributed by atoms with van der Waals surface area (Å²) in [5, 5.41) is 0. The van der Waals surface area contributed by atoms with Crippen molar-refractivity contribution in [1.82, 2.24) is 9.88 Å². The minimum atomic E-state index is 0.160. The van der Waals surface area contributed by atoms with Gasteiger partial charge < -0.3 is 9.15 Å². The van der Waals surface area contributed by atoms with Crippen molar-refractivity contribution in [3.8, 4) is 0 Å². The van der Waals surface area contributed by atoms with Crippen molar-refractivity contribution in [2.24, 2.45) is 0 Å². The normalized spacial score (nSPS) is 19.0. The fourth-order valence-electron chi connectivity index (χ4n) is 2.82. The van der Waals surface area contributed by atoms with Crippen LogP contribution >= 0.6 is 11.3 Å². The van der Waals surface area contributed by atoms with Crippen molar-refractivity contribution in [2.45, 2.75) is 45.3 Å². The number of furan rings is 1. The monoisotopic (exact) mass is 320 g/mol. The van der Waals surface area contributed by atoms with Crippen LogP contribution in [0.4, 0.5) is 0 Å². The molecule has 0 spiro atoms. The van der Waals surface area contributed by atoms with E-state index in [4.69, 9.17) is 9.15 Å². The first-order valence-corrected chi connectivity index (χ1v) is 8.88. The molecule has 3 rings (SSSR count). The van der Waals surface area contributed by atoms with E-state index in [-0.39, 0.29) is 6.10 Å². The second-order valence-corrected chi connectivity index (χ2v) is 6.95. The fourth-order valence-corrected chi connectivity index (χ4v) is 3.59. The summed E-state index contributed by atoms with van der Waals surface area (Å²) in [6, 6.07) is 4.16. The summed E-state index contributed by atoms with van der Waals surface area (Å²) in [6.07, 6.45) is 4.69. The van der Waals surface area contributed by atoms with E-state index in [2.05, 4.69) is 36.0 Å². The zero-order valence-electron chi connectivity index (χ0n) is 13.4. The largest absolute Gasteiger partial charge is 0.462 e. The molecular formula is C17H24N2O2S. The Labute approximate surface area is 136 Å². The van der Waals surface area contributed by atoms with E-state index in [1.165, 1.54) is 17.7 Å². The Kier molecular flexibility index (Phi) is 5.28. The Morgan fingerprint density at radius 1 is 1.36 bits per heavy atom. The minimum Gasteiger partial charge on any atom is -0.462 e. The first kappa shape index (κ1) is 15.7. The molecular weight excluding hydrogens is 296 g/mol. The Balaban J connectivity index is 1.50. The summed E-state index contributed by atoms with van der Waals surface area (Å²) in [5.41, 5.74) is 3.08. The van der Waals surface area contributed by atoms with Gasteiger partial charge in [-0.2, -0.15) is 0 Å². The van der Waals surface area contributed by atoms with E-state index < -0.39 is 0 Å². The highest BCUT2D eigenvalue weighted by Crippen LogP contribution is 2.29. The highest BCUT2D eigenvalue weighted by Gasteiger charge is 2.19. The lowest BCUT2D eigenvalue weighted by Gasteiger charge is -2.20. The van der Waals surface area contributed by atoms with E-state index in [0.29, 0.717) is 0 Å². The van der Waals surface area contributed by atoms with Crippen LogP contribution in [0.1, 0.15) is 47.5 Å². The van der Waals surface area contributed by atoms with Gasteiger partial charge in [-0.05, 0) is 51.8 Å². The number of thiazole rings is 1. The van der Waals surface area contributed by atoms with Crippen LogP contribution in [0.2, 0.25) is 0 Å². The van der Waals surface area contributed by atoms with Gasteiger partial charge in [-0.25, -0.2) is 4.98 Å². The molecule has 1 fully saturated rings. The topological polar surface area (TPSA) is 38.5 Å². The summed E-state index contributed by atoms with van der Waals surface area (Å²) >= 11 is 1.74. The molecule has 0 saturated carbocycles. The summed E-state index contributed by atoms with van der Waals surface area (Å²) < 4.78 is 11.8. The van der Waals surface area contributed by atoms with Crippen molar-refractivity contribution in [3.63, 3.8) is 0 Å². The minimum absolute atomic E-state index is 0.160. The van der Waals surface area contributed by atoms with Crippen LogP contribution in [0.25, 0.3) is 0 Å². The first-order valence-electron chi connectivity index (χ1n) is 8.00. The molecule has 4 nitrogen and oxygen atoms in total. The zero-order valence-corrected chi connectivity index (χ0v) is 14.2. The van der Waals surface area contributed by atoms with Gasteiger partial charge in [0.15, 0.2) is 0 Å². The molecule has 0 N–H and O–H groups in total. The first-order chi connectivity index (χ1) is 10.7. The van der Waals surface area contributed by atoms with Gasteiger partial charge >= 0.3 is 0 Å². The lowest BCUT2D eigenvalue weighted by atomic mass is 10.1. The molecule has 0 unspecified atom stereocenters. The van der Waals surface area contributed by atoms with Crippen molar-refractivity contribution in [2.75, 3.05) is 20.2 Å². The average molecular weight is 320 g/mol. The molecule has 5 heteroatoms. The number of likely N-dealkylation sites (N-methyl/N-ethyl adjacent to an activating group) is 1. The number of aromatic nitrogens is 1. The predicted octanol–water partition coefficient (Wildman–Crippen LogP) is 3.96. The maximum absolute atomic E-state index is 5.98. The molecule has 2 aromatic heterocycles. The van der Waals surface area contributed by atoms with E-state index in [1.54, 1.807) is 11.3 Å². The van der Waals surface area contributed by atoms with Crippen LogP contribution in [-0.4, -0.2) is 30.1 Å². The van der Waals surface area contributed by atoms with Gasteiger partial charge in [-0.3, -0.25) is 4.90 Å². The predicted molar refractivity (Wildman–Crippen MR) is 88.1 cm³/mol. The third-order valence-corrected chi connectivity index (χ3v) is 5.17. The SMILES string of the molecule is Cc1ncsc1CCN(C)Cc1ccc([C@H]2CCCCO2)o1. The molecule has 0 bridgehead atoms. The number of nitrogens with zero attached hydrogens (tertiary/aromatic N) is 2. The van der Waals surface area contributed by atoms with E-state index in [0.717, 1.165) is 49.8 Å². The van der Waals surface area contributed by atoms with Crippen LogP contribution in [-0.2, 0) is 17.7 Å². The molecule has 22 heavy (non-hydrogen) atoms. The molecule has 0 amide bonds. The highest BCUT2D eigenvalue weighted by molar-refractivity contribution is 7.09. The Morgan fingerprint density at radius 3 is 3.00 bits per heavy atom. The molecule has 1 aliphatic heterocycles. The molecule has 120 valence electrons. The maximum atomic E-state index is 5.98. The van der Waals surface area contributed by atoms with E-state index in [1.807, 2.05) is 5.51 Å². The third-order valence-electron chi connectivity index (χ3n) is 4.17. The molecule has 0 aromatic carbocycles. The molecule has 1 atom stereocenters. The summed E-state index contributed by atoms with van der Waals surface area (Å²) in [4.78, 5) is 7.97. The van der Waals surface area contributed by atoms with Gasteiger partial charge in [-0.15, -0.1) is 11.3 Å². The van der Waals surface area contributed by atoms with Gasteiger partial charge in [0.1, 0.15) is 17.6 Å². The van der Waals surface area contributed by atoms with Gasteiger partial charge in [0, 0.05) is 18.0 Å². The molecule has 0 aliphatic carbocycles. The number of rotatable bonds is 6. The van der Waals surface area contributed by atoms with Gasteiger partial charge in [-0.1, -0.05) is 0 Å². The maximum Gasteiger partial charge on any atom is 0.133 e. The molecule has 1 aliphatic rings. The number of aryl methyl sites for hydroxylation is 1. The summed E-state index contributed by atoms with van der Waals surface area (Å²) in [6.45, 7) is 4.78. The van der Waals surface area contributed by atoms with Crippen molar-refractivity contribution < 1.29 is 9.15 Å². The highest BCUT2D eigenvalue weighted by atomic mass is 32.1. The summed E-state index contributed by atoms with van der Waals surface area (Å²) in [5.74, 6) is 2.01. The average Bonchev–Trinajstić information content (AvgIpc) is 3.15. The molecule has 3 heterocycles. The second-order valence-electron chi connectivity index (χ2n) is 6.01. The number of hydrogen-bond donors (Lipinski definition) is 0. The van der Waals surface area contributed by atoms with Gasteiger partial charge in [0.05, 0.1) is 17.7 Å². The molecule has 1 saturated heterocycles. The Hall–Kier alpha value is -1.17.